The van der Waals surface area contributed by atoms with Gasteiger partial charge in [-0.1, -0.05) is 32.0 Å². The van der Waals surface area contributed by atoms with Crippen LogP contribution in [-0.2, 0) is 17.6 Å². The van der Waals surface area contributed by atoms with Crippen molar-refractivity contribution >= 4 is 11.6 Å². The summed E-state index contributed by atoms with van der Waals surface area (Å²) in [6.07, 6.45) is 11.5. The minimum atomic E-state index is -0.321. The lowest BCUT2D eigenvalue weighted by Crippen LogP contribution is -2.54. The maximum Gasteiger partial charge on any atom is 0.267 e. The molecule has 4 fully saturated rings. The van der Waals surface area contributed by atoms with Gasteiger partial charge in [-0.25, -0.2) is 0 Å². The second-order valence-electron chi connectivity index (χ2n) is 9.95. The van der Waals surface area contributed by atoms with Crippen molar-refractivity contribution in [2.24, 2.45) is 23.2 Å². The molecule has 4 aliphatic carbocycles. The van der Waals surface area contributed by atoms with Gasteiger partial charge in [-0.15, -0.1) is 0 Å². The Bertz CT molecular complexity index is 821. The topological polar surface area (TPSA) is 64.9 Å². The zero-order valence-corrected chi connectivity index (χ0v) is 18.6. The van der Waals surface area contributed by atoms with Gasteiger partial charge in [-0.2, -0.15) is 5.26 Å². The van der Waals surface area contributed by atoms with E-state index in [-0.39, 0.29) is 17.5 Å². The monoisotopic (exact) mass is 405 g/mol. The summed E-state index contributed by atoms with van der Waals surface area (Å²) in [7, 11) is 0. The SMILES string of the molecule is CCc1cccc(CC)c1NC(=O)/C(C#N)=C\NC(C)C12CC3CC(CC(C3)C1)C2. The first-order valence-electron chi connectivity index (χ1n) is 11.8. The molecule has 0 aromatic heterocycles. The second kappa shape index (κ2) is 8.46. The zero-order chi connectivity index (χ0) is 21.3. The van der Waals surface area contributed by atoms with Crippen LogP contribution in [0.2, 0.25) is 0 Å². The smallest absolute Gasteiger partial charge is 0.267 e. The summed E-state index contributed by atoms with van der Waals surface area (Å²) < 4.78 is 0. The van der Waals surface area contributed by atoms with Crippen LogP contribution < -0.4 is 10.6 Å². The van der Waals surface area contributed by atoms with Crippen LogP contribution in [0.5, 0.6) is 0 Å². The molecule has 0 spiro atoms. The van der Waals surface area contributed by atoms with E-state index in [4.69, 9.17) is 0 Å². The molecule has 1 aromatic rings. The summed E-state index contributed by atoms with van der Waals surface area (Å²) >= 11 is 0. The van der Waals surface area contributed by atoms with Gasteiger partial charge in [0.1, 0.15) is 11.6 Å². The molecule has 1 aromatic carbocycles. The Morgan fingerprint density at radius 3 is 2.13 bits per heavy atom. The van der Waals surface area contributed by atoms with Crippen LogP contribution in [0.4, 0.5) is 5.69 Å². The number of benzene rings is 1. The molecule has 1 atom stereocenters. The Hall–Kier alpha value is -2.28. The summed E-state index contributed by atoms with van der Waals surface area (Å²) in [4.78, 5) is 12.9. The summed E-state index contributed by atoms with van der Waals surface area (Å²) in [6, 6.07) is 8.51. The molecule has 4 saturated carbocycles. The first kappa shape index (κ1) is 21.0. The Kier molecular flexibility index (Phi) is 5.91. The van der Waals surface area contributed by atoms with E-state index < -0.39 is 0 Å². The normalized spacial score (nSPS) is 30.6. The fourth-order valence-electron chi connectivity index (χ4n) is 6.83. The number of aryl methyl sites for hydroxylation is 2. The lowest BCUT2D eigenvalue weighted by Gasteiger charge is -2.59. The highest BCUT2D eigenvalue weighted by molar-refractivity contribution is 6.07. The molecule has 1 unspecified atom stereocenters. The molecule has 0 saturated heterocycles. The highest BCUT2D eigenvalue weighted by Gasteiger charge is 2.53. The van der Waals surface area contributed by atoms with Crippen LogP contribution in [-0.4, -0.2) is 11.9 Å². The summed E-state index contributed by atoms with van der Waals surface area (Å²) in [5.41, 5.74) is 3.57. The van der Waals surface area contributed by atoms with Crippen molar-refractivity contribution in [1.82, 2.24) is 5.32 Å². The summed E-state index contributed by atoms with van der Waals surface area (Å²) in [5.74, 6) is 2.35. The van der Waals surface area contributed by atoms with Crippen molar-refractivity contribution in [2.75, 3.05) is 5.32 Å². The van der Waals surface area contributed by atoms with Gasteiger partial charge in [0, 0.05) is 17.9 Å². The number of anilines is 1. The van der Waals surface area contributed by atoms with Crippen molar-refractivity contribution in [3.8, 4) is 6.07 Å². The molecule has 1 amide bonds. The number of amides is 1. The number of carbonyl (C=O) groups excluding carboxylic acids is 1. The maximum absolute atomic E-state index is 12.9. The van der Waals surface area contributed by atoms with Gasteiger partial charge in [-0.05, 0) is 92.6 Å². The van der Waals surface area contributed by atoms with Crippen LogP contribution >= 0.6 is 0 Å². The van der Waals surface area contributed by atoms with Crippen LogP contribution in [0.1, 0.15) is 70.4 Å². The van der Waals surface area contributed by atoms with E-state index in [1.165, 1.54) is 38.5 Å². The third-order valence-electron chi connectivity index (χ3n) is 8.08. The second-order valence-corrected chi connectivity index (χ2v) is 9.95. The molecule has 160 valence electrons. The van der Waals surface area contributed by atoms with Gasteiger partial charge in [0.15, 0.2) is 0 Å². The molecule has 4 bridgehead atoms. The first-order valence-corrected chi connectivity index (χ1v) is 11.8. The Morgan fingerprint density at radius 1 is 1.13 bits per heavy atom. The predicted molar refractivity (Wildman–Crippen MR) is 121 cm³/mol. The van der Waals surface area contributed by atoms with E-state index in [1.807, 2.05) is 18.2 Å². The molecule has 0 aliphatic heterocycles. The average Bonchev–Trinajstić information content (AvgIpc) is 2.73. The third-order valence-corrected chi connectivity index (χ3v) is 8.08. The molecule has 30 heavy (non-hydrogen) atoms. The first-order chi connectivity index (χ1) is 14.5. The van der Waals surface area contributed by atoms with E-state index in [2.05, 4.69) is 37.5 Å². The van der Waals surface area contributed by atoms with Gasteiger partial charge in [0.05, 0.1) is 0 Å². The number of nitrogens with one attached hydrogen (secondary N) is 2. The van der Waals surface area contributed by atoms with Gasteiger partial charge in [-0.3, -0.25) is 4.79 Å². The van der Waals surface area contributed by atoms with E-state index >= 15 is 0 Å². The number of para-hydroxylation sites is 1. The number of nitrogens with zero attached hydrogens (tertiary/aromatic N) is 1. The molecule has 4 heteroatoms. The Labute approximate surface area is 181 Å². The average molecular weight is 406 g/mol. The van der Waals surface area contributed by atoms with E-state index in [1.54, 1.807) is 6.20 Å². The molecular weight excluding hydrogens is 370 g/mol. The van der Waals surface area contributed by atoms with Crippen molar-refractivity contribution in [2.45, 2.75) is 78.2 Å². The zero-order valence-electron chi connectivity index (χ0n) is 18.6. The molecule has 4 nitrogen and oxygen atoms in total. The minimum absolute atomic E-state index is 0.152. The summed E-state index contributed by atoms with van der Waals surface area (Å²) in [6.45, 7) is 6.42. The number of hydrogen-bond acceptors (Lipinski definition) is 3. The van der Waals surface area contributed by atoms with Crippen LogP contribution in [0.15, 0.2) is 30.0 Å². The van der Waals surface area contributed by atoms with Gasteiger partial charge >= 0.3 is 0 Å². The number of nitriles is 1. The lowest BCUT2D eigenvalue weighted by atomic mass is 9.48. The fourth-order valence-corrected chi connectivity index (χ4v) is 6.83. The Balaban J connectivity index is 1.47. The third kappa shape index (κ3) is 3.87. The van der Waals surface area contributed by atoms with Crippen LogP contribution in [0.25, 0.3) is 0 Å². The van der Waals surface area contributed by atoms with Gasteiger partial charge < -0.3 is 10.6 Å². The van der Waals surface area contributed by atoms with Crippen molar-refractivity contribution in [3.05, 3.63) is 41.1 Å². The number of carbonyl (C=O) groups is 1. The molecule has 0 radical (unpaired) electrons. The highest BCUT2D eigenvalue weighted by atomic mass is 16.1. The number of rotatable bonds is 7. The van der Waals surface area contributed by atoms with Crippen molar-refractivity contribution in [1.29, 1.82) is 5.26 Å². The quantitative estimate of drug-likeness (QED) is 0.475. The standard InChI is InChI=1S/C26H35N3O/c1-4-21-7-6-8-22(5-2)24(21)29-25(30)23(15-27)16-28-17(3)26-12-18-9-19(13-26)11-20(10-18)14-26/h6-8,16-20,28H,4-5,9-14H2,1-3H3,(H,29,30)/b23-16-. The van der Waals surface area contributed by atoms with Crippen LogP contribution in [0, 0.1) is 34.5 Å². The molecular formula is C26H35N3O. The number of hydrogen-bond donors (Lipinski definition) is 2. The van der Waals surface area contributed by atoms with Crippen molar-refractivity contribution < 1.29 is 4.79 Å². The lowest BCUT2D eigenvalue weighted by molar-refractivity contribution is -0.112. The Morgan fingerprint density at radius 2 is 1.67 bits per heavy atom. The van der Waals surface area contributed by atoms with Gasteiger partial charge in [0.25, 0.3) is 5.91 Å². The molecule has 5 rings (SSSR count). The molecule has 2 N–H and O–H groups in total. The van der Waals surface area contributed by atoms with Gasteiger partial charge in [0.2, 0.25) is 0 Å². The minimum Gasteiger partial charge on any atom is -0.387 e. The molecule has 0 heterocycles. The fraction of sp³-hybridized carbons (Fsp3) is 0.615. The highest BCUT2D eigenvalue weighted by Crippen LogP contribution is 2.61. The van der Waals surface area contributed by atoms with E-state index in [0.717, 1.165) is 47.4 Å². The van der Waals surface area contributed by atoms with Crippen molar-refractivity contribution in [3.63, 3.8) is 0 Å². The van der Waals surface area contributed by atoms with E-state index in [9.17, 15) is 10.1 Å². The molecule has 4 aliphatic rings. The van der Waals surface area contributed by atoms with Crippen LogP contribution in [0.3, 0.4) is 0 Å². The predicted octanol–water partition coefficient (Wildman–Crippen LogP) is 5.35. The van der Waals surface area contributed by atoms with E-state index in [0.29, 0.717) is 5.41 Å². The summed E-state index contributed by atoms with van der Waals surface area (Å²) in [5, 5.41) is 16.1. The largest absolute Gasteiger partial charge is 0.387 e. The maximum atomic E-state index is 12.9.